The van der Waals surface area contributed by atoms with E-state index in [2.05, 4.69) is 0 Å². The van der Waals surface area contributed by atoms with Crippen LogP contribution in [0, 0.1) is 5.82 Å². The Morgan fingerprint density at radius 3 is 2.33 bits per heavy atom. The fraction of sp³-hybridized carbons (Fsp3) is 0.235. The van der Waals surface area contributed by atoms with Crippen molar-refractivity contribution in [1.29, 1.82) is 0 Å². The molecule has 5 nitrogen and oxygen atoms in total. The highest BCUT2D eigenvalue weighted by Gasteiger charge is 2.23. The number of hydrogen-bond acceptors (Lipinski definition) is 4. The first-order valence-electron chi connectivity index (χ1n) is 7.21. The van der Waals surface area contributed by atoms with Crippen LogP contribution >= 0.6 is 0 Å². The number of carbonyl (C=O) groups excluding carboxylic acids is 1. The summed E-state index contributed by atoms with van der Waals surface area (Å²) in [4.78, 5) is 12.1. The molecule has 0 radical (unpaired) electrons. The molecule has 7 heteroatoms. The number of benzene rings is 2. The molecule has 2 aromatic rings. The van der Waals surface area contributed by atoms with Crippen molar-refractivity contribution < 1.29 is 22.3 Å². The minimum Gasteiger partial charge on any atom is -0.454 e. The lowest BCUT2D eigenvalue weighted by Crippen LogP contribution is -2.23. The molecule has 0 fully saturated rings. The summed E-state index contributed by atoms with van der Waals surface area (Å²) >= 11 is 0. The predicted molar refractivity (Wildman–Crippen MR) is 87.5 cm³/mol. The third kappa shape index (κ3) is 3.80. The van der Waals surface area contributed by atoms with Crippen molar-refractivity contribution in [2.75, 3.05) is 14.1 Å². The lowest BCUT2D eigenvalue weighted by Gasteiger charge is -2.15. The van der Waals surface area contributed by atoms with Gasteiger partial charge in [-0.1, -0.05) is 30.3 Å². The van der Waals surface area contributed by atoms with Gasteiger partial charge in [0.15, 0.2) is 0 Å². The monoisotopic (exact) mass is 351 g/mol. The van der Waals surface area contributed by atoms with E-state index in [0.717, 1.165) is 28.1 Å². The van der Waals surface area contributed by atoms with Gasteiger partial charge in [0.1, 0.15) is 11.9 Å². The van der Waals surface area contributed by atoms with Crippen molar-refractivity contribution in [1.82, 2.24) is 4.31 Å². The first kappa shape index (κ1) is 18.1. The van der Waals surface area contributed by atoms with E-state index in [9.17, 15) is 17.6 Å². The Labute approximate surface area is 140 Å². The van der Waals surface area contributed by atoms with E-state index < -0.39 is 33.5 Å². The molecule has 2 aromatic carbocycles. The van der Waals surface area contributed by atoms with Crippen LogP contribution in [0.3, 0.4) is 0 Å². The molecule has 0 N–H and O–H groups in total. The van der Waals surface area contributed by atoms with Crippen LogP contribution in [0.5, 0.6) is 0 Å². The van der Waals surface area contributed by atoms with Gasteiger partial charge in [0.2, 0.25) is 10.0 Å². The Bertz CT molecular complexity index is 835. The number of hydrogen-bond donors (Lipinski definition) is 0. The molecule has 0 amide bonds. The van der Waals surface area contributed by atoms with Crippen LogP contribution in [0.4, 0.5) is 4.39 Å². The van der Waals surface area contributed by atoms with Crippen molar-refractivity contribution in [3.05, 3.63) is 65.5 Å². The molecular weight excluding hydrogens is 333 g/mol. The zero-order valence-electron chi connectivity index (χ0n) is 13.6. The number of esters is 1. The third-order valence-corrected chi connectivity index (χ3v) is 5.30. The van der Waals surface area contributed by atoms with E-state index in [4.69, 9.17) is 4.74 Å². The van der Waals surface area contributed by atoms with Gasteiger partial charge in [-0.2, -0.15) is 0 Å². The number of sulfonamides is 1. The number of rotatable bonds is 5. The zero-order chi connectivity index (χ0) is 17.9. The van der Waals surface area contributed by atoms with Gasteiger partial charge < -0.3 is 4.74 Å². The van der Waals surface area contributed by atoms with E-state index in [1.54, 1.807) is 31.2 Å². The molecule has 0 heterocycles. The number of carbonyl (C=O) groups is 1. The first-order chi connectivity index (χ1) is 11.2. The Morgan fingerprint density at radius 1 is 1.12 bits per heavy atom. The molecule has 0 saturated carbocycles. The quantitative estimate of drug-likeness (QED) is 0.777. The van der Waals surface area contributed by atoms with Crippen molar-refractivity contribution in [2.45, 2.75) is 17.9 Å². The molecule has 0 bridgehead atoms. The normalized spacial score (nSPS) is 12.9. The standard InChI is InChI=1S/C17H18FNO4S/c1-12(13-7-5-4-6-8-13)23-17(20)15-11-14(9-10-16(15)18)24(21,22)19(2)3/h4-12H,1-3H3/t12-/m0/s1. The average molecular weight is 351 g/mol. The van der Waals surface area contributed by atoms with Crippen LogP contribution < -0.4 is 0 Å². The van der Waals surface area contributed by atoms with Gasteiger partial charge in [-0.3, -0.25) is 0 Å². The molecular formula is C17H18FNO4S. The summed E-state index contributed by atoms with van der Waals surface area (Å²) in [6, 6.07) is 12.0. The van der Waals surface area contributed by atoms with Gasteiger partial charge in [-0.05, 0) is 30.7 Å². The minimum atomic E-state index is -3.77. The van der Waals surface area contributed by atoms with Crippen LogP contribution in [0.1, 0.15) is 28.9 Å². The highest BCUT2D eigenvalue weighted by atomic mass is 32.2. The minimum absolute atomic E-state index is 0.173. The molecule has 128 valence electrons. The molecule has 2 rings (SSSR count). The molecule has 0 aliphatic heterocycles. The van der Waals surface area contributed by atoms with Crippen molar-refractivity contribution >= 4 is 16.0 Å². The summed E-state index contributed by atoms with van der Waals surface area (Å²) < 4.78 is 44.4. The van der Waals surface area contributed by atoms with E-state index >= 15 is 0 Å². The Balaban J connectivity index is 2.30. The topological polar surface area (TPSA) is 63.7 Å². The fourth-order valence-corrected chi connectivity index (χ4v) is 2.98. The molecule has 0 spiro atoms. The number of ether oxygens (including phenoxy) is 1. The van der Waals surface area contributed by atoms with E-state index in [1.807, 2.05) is 6.07 Å². The SMILES string of the molecule is C[C@H](OC(=O)c1cc(S(=O)(=O)N(C)C)ccc1F)c1ccccc1. The Morgan fingerprint density at radius 2 is 1.75 bits per heavy atom. The molecule has 0 unspecified atom stereocenters. The van der Waals surface area contributed by atoms with Crippen LogP contribution in [0.2, 0.25) is 0 Å². The molecule has 1 atom stereocenters. The number of halogens is 1. The van der Waals surface area contributed by atoms with Gasteiger partial charge in [-0.25, -0.2) is 21.9 Å². The lowest BCUT2D eigenvalue weighted by atomic mass is 10.1. The zero-order valence-corrected chi connectivity index (χ0v) is 14.4. The fourth-order valence-electron chi connectivity index (χ4n) is 2.05. The maximum atomic E-state index is 14.0. The maximum Gasteiger partial charge on any atom is 0.341 e. The summed E-state index contributed by atoms with van der Waals surface area (Å²) in [7, 11) is -1.06. The van der Waals surface area contributed by atoms with Gasteiger partial charge >= 0.3 is 5.97 Å². The second kappa shape index (κ2) is 7.11. The van der Waals surface area contributed by atoms with E-state index in [1.165, 1.54) is 14.1 Å². The van der Waals surface area contributed by atoms with E-state index in [0.29, 0.717) is 0 Å². The van der Waals surface area contributed by atoms with Crippen molar-refractivity contribution in [2.24, 2.45) is 0 Å². The molecule has 0 aromatic heterocycles. The molecule has 0 aliphatic rings. The van der Waals surface area contributed by atoms with Crippen LogP contribution in [-0.2, 0) is 14.8 Å². The number of nitrogens with zero attached hydrogens (tertiary/aromatic N) is 1. The van der Waals surface area contributed by atoms with Crippen LogP contribution in [0.25, 0.3) is 0 Å². The second-order valence-electron chi connectivity index (χ2n) is 5.39. The van der Waals surface area contributed by atoms with Gasteiger partial charge in [0.05, 0.1) is 10.5 Å². The average Bonchev–Trinajstić information content (AvgIpc) is 2.55. The predicted octanol–water partition coefficient (Wildman–Crippen LogP) is 2.99. The summed E-state index contributed by atoms with van der Waals surface area (Å²) in [6.07, 6.45) is -0.591. The summed E-state index contributed by atoms with van der Waals surface area (Å²) in [5, 5.41) is 0. The van der Waals surface area contributed by atoms with E-state index in [-0.39, 0.29) is 4.90 Å². The summed E-state index contributed by atoms with van der Waals surface area (Å²) in [6.45, 7) is 1.66. The largest absolute Gasteiger partial charge is 0.454 e. The van der Waals surface area contributed by atoms with Gasteiger partial charge in [0, 0.05) is 14.1 Å². The molecule has 0 saturated heterocycles. The highest BCUT2D eigenvalue weighted by molar-refractivity contribution is 7.89. The van der Waals surface area contributed by atoms with Gasteiger partial charge in [0.25, 0.3) is 0 Å². The van der Waals surface area contributed by atoms with Crippen LogP contribution in [0.15, 0.2) is 53.4 Å². The summed E-state index contributed by atoms with van der Waals surface area (Å²) in [5.41, 5.74) is 0.337. The van der Waals surface area contributed by atoms with Gasteiger partial charge in [-0.15, -0.1) is 0 Å². The molecule has 0 aliphatic carbocycles. The van der Waals surface area contributed by atoms with Crippen molar-refractivity contribution in [3.63, 3.8) is 0 Å². The Kier molecular flexibility index (Phi) is 5.36. The second-order valence-corrected chi connectivity index (χ2v) is 7.54. The lowest BCUT2D eigenvalue weighted by molar-refractivity contribution is 0.0332. The van der Waals surface area contributed by atoms with Crippen LogP contribution in [-0.4, -0.2) is 32.8 Å². The maximum absolute atomic E-state index is 14.0. The first-order valence-corrected chi connectivity index (χ1v) is 8.65. The Hall–Kier alpha value is -2.25. The highest BCUT2D eigenvalue weighted by Crippen LogP contribution is 2.22. The molecule has 24 heavy (non-hydrogen) atoms. The van der Waals surface area contributed by atoms with Crippen molar-refractivity contribution in [3.8, 4) is 0 Å². The third-order valence-electron chi connectivity index (χ3n) is 3.49. The summed E-state index contributed by atoms with van der Waals surface area (Å²) in [5.74, 6) is -1.75. The smallest absolute Gasteiger partial charge is 0.341 e.